The maximum Gasteiger partial charge on any atom is 0.327 e. The van der Waals surface area contributed by atoms with Gasteiger partial charge < -0.3 is 5.11 Å². The summed E-state index contributed by atoms with van der Waals surface area (Å²) in [5.74, 6) is -1.60. The molecular weight excluding hydrogens is 294 g/mol. The number of carboxylic acids is 1. The number of rotatable bonds is 4. The van der Waals surface area contributed by atoms with Gasteiger partial charge >= 0.3 is 5.97 Å². The van der Waals surface area contributed by atoms with Crippen LogP contribution in [0.2, 0.25) is 0 Å². The van der Waals surface area contributed by atoms with Crippen molar-refractivity contribution in [3.05, 3.63) is 35.9 Å². The Morgan fingerprint density at radius 2 is 1.65 bits per heavy atom. The van der Waals surface area contributed by atoms with Crippen LogP contribution in [0.4, 0.5) is 0 Å². The van der Waals surface area contributed by atoms with Gasteiger partial charge in [0.05, 0.1) is 11.8 Å². The molecule has 120 valence electrons. The number of amides is 2. The molecule has 4 rings (SSSR count). The number of imide groups is 1. The average Bonchev–Trinajstić information content (AvgIpc) is 3.21. The number of carbonyl (C=O) groups is 3. The Bertz CT molecular complexity index is 643. The Kier molecular flexibility index (Phi) is 3.25. The largest absolute Gasteiger partial charge is 0.480 e. The molecule has 0 aromatic heterocycles. The minimum Gasteiger partial charge on any atom is -0.480 e. The first kappa shape index (κ1) is 14.4. The Balaban J connectivity index is 1.63. The first-order chi connectivity index (χ1) is 11.1. The van der Waals surface area contributed by atoms with Crippen LogP contribution in [0, 0.1) is 23.7 Å². The van der Waals surface area contributed by atoms with E-state index in [4.69, 9.17) is 0 Å². The van der Waals surface area contributed by atoms with Crippen molar-refractivity contribution < 1.29 is 19.5 Å². The van der Waals surface area contributed by atoms with Crippen LogP contribution in [0.15, 0.2) is 30.3 Å². The van der Waals surface area contributed by atoms with Gasteiger partial charge in [-0.25, -0.2) is 4.79 Å². The summed E-state index contributed by atoms with van der Waals surface area (Å²) in [7, 11) is 0. The zero-order valence-corrected chi connectivity index (χ0v) is 12.7. The van der Waals surface area contributed by atoms with E-state index in [1.165, 1.54) is 0 Å². The molecule has 1 heterocycles. The van der Waals surface area contributed by atoms with Gasteiger partial charge in [-0.1, -0.05) is 30.3 Å². The Hall–Kier alpha value is -2.17. The van der Waals surface area contributed by atoms with Gasteiger partial charge in [-0.3, -0.25) is 14.5 Å². The monoisotopic (exact) mass is 313 g/mol. The molecule has 2 aliphatic carbocycles. The average molecular weight is 313 g/mol. The first-order valence-corrected chi connectivity index (χ1v) is 8.21. The molecule has 0 unspecified atom stereocenters. The van der Waals surface area contributed by atoms with Crippen molar-refractivity contribution >= 4 is 17.8 Å². The maximum atomic E-state index is 12.8. The Morgan fingerprint density at radius 1 is 1.09 bits per heavy atom. The van der Waals surface area contributed by atoms with E-state index in [0.29, 0.717) is 0 Å². The minimum absolute atomic E-state index is 0.169. The smallest absolute Gasteiger partial charge is 0.327 e. The van der Waals surface area contributed by atoms with E-state index < -0.39 is 12.0 Å². The summed E-state index contributed by atoms with van der Waals surface area (Å²) < 4.78 is 0. The van der Waals surface area contributed by atoms with E-state index in [2.05, 4.69) is 0 Å². The lowest BCUT2D eigenvalue weighted by atomic mass is 9.81. The van der Waals surface area contributed by atoms with Gasteiger partial charge in [0, 0.05) is 6.42 Å². The van der Waals surface area contributed by atoms with Crippen molar-refractivity contribution in [1.82, 2.24) is 4.90 Å². The van der Waals surface area contributed by atoms with Crippen molar-refractivity contribution in [2.75, 3.05) is 0 Å². The fourth-order valence-corrected chi connectivity index (χ4v) is 4.87. The van der Waals surface area contributed by atoms with Gasteiger partial charge in [0.25, 0.3) is 0 Å². The van der Waals surface area contributed by atoms with Crippen molar-refractivity contribution in [2.24, 2.45) is 23.7 Å². The molecule has 2 bridgehead atoms. The van der Waals surface area contributed by atoms with Crippen molar-refractivity contribution in [3.8, 4) is 0 Å². The summed E-state index contributed by atoms with van der Waals surface area (Å²) in [4.78, 5) is 38.3. The number of benzene rings is 1. The fraction of sp³-hybridized carbons (Fsp3) is 0.500. The molecule has 1 aromatic rings. The van der Waals surface area contributed by atoms with Gasteiger partial charge in [-0.05, 0) is 36.7 Å². The number of aliphatic carboxylic acids is 1. The number of carboxylic acid groups (broad SMARTS) is 1. The van der Waals surface area contributed by atoms with Crippen LogP contribution in [0.1, 0.15) is 24.8 Å². The second-order valence-electron chi connectivity index (χ2n) is 6.98. The van der Waals surface area contributed by atoms with Crippen LogP contribution in [0.25, 0.3) is 0 Å². The standard InChI is InChI=1S/C18H19NO4/c20-16-14-11-6-7-12(9-11)15(14)17(21)19(16)13(18(22)23)8-10-4-2-1-3-5-10/h1-5,11-15H,6-9H2,(H,22,23)/t11-,12-,13+,14-,15-/m0/s1. The van der Waals surface area contributed by atoms with Crippen LogP contribution in [-0.4, -0.2) is 33.8 Å². The summed E-state index contributed by atoms with van der Waals surface area (Å²) in [6, 6.07) is 8.07. The zero-order chi connectivity index (χ0) is 16.1. The molecule has 5 heteroatoms. The summed E-state index contributed by atoms with van der Waals surface area (Å²) in [5, 5.41) is 9.60. The second-order valence-corrected chi connectivity index (χ2v) is 6.98. The van der Waals surface area contributed by atoms with Gasteiger partial charge in [0.15, 0.2) is 0 Å². The topological polar surface area (TPSA) is 74.7 Å². The molecule has 1 aromatic carbocycles. The molecule has 0 spiro atoms. The highest BCUT2D eigenvalue weighted by molar-refractivity contribution is 6.08. The molecule has 3 fully saturated rings. The number of hydrogen-bond acceptors (Lipinski definition) is 3. The van der Waals surface area contributed by atoms with E-state index in [-0.39, 0.29) is 41.9 Å². The van der Waals surface area contributed by atoms with E-state index in [9.17, 15) is 19.5 Å². The summed E-state index contributed by atoms with van der Waals surface area (Å²) in [5.41, 5.74) is 0.820. The van der Waals surface area contributed by atoms with Crippen molar-refractivity contribution in [3.63, 3.8) is 0 Å². The van der Waals surface area contributed by atoms with Crippen LogP contribution in [-0.2, 0) is 20.8 Å². The summed E-state index contributed by atoms with van der Waals surface area (Å²) >= 11 is 0. The molecule has 1 aliphatic heterocycles. The van der Waals surface area contributed by atoms with E-state index >= 15 is 0 Å². The third kappa shape index (κ3) is 2.10. The normalized spacial score (nSPS) is 33.1. The highest BCUT2D eigenvalue weighted by Gasteiger charge is 2.62. The molecular formula is C18H19NO4. The fourth-order valence-electron chi connectivity index (χ4n) is 4.87. The number of hydrogen-bond donors (Lipinski definition) is 1. The molecule has 0 radical (unpaired) electrons. The van der Waals surface area contributed by atoms with Gasteiger partial charge in [0.1, 0.15) is 6.04 Å². The number of fused-ring (bicyclic) bond motifs is 5. The van der Waals surface area contributed by atoms with Gasteiger partial charge in [-0.15, -0.1) is 0 Å². The predicted octanol–water partition coefficient (Wildman–Crippen LogP) is 1.71. The van der Waals surface area contributed by atoms with Crippen LogP contribution < -0.4 is 0 Å². The third-order valence-corrected chi connectivity index (χ3v) is 5.83. The molecule has 2 saturated carbocycles. The van der Waals surface area contributed by atoms with Crippen LogP contribution in [0.5, 0.6) is 0 Å². The number of likely N-dealkylation sites (tertiary alicyclic amines) is 1. The molecule has 5 nitrogen and oxygen atoms in total. The molecule has 1 N–H and O–H groups in total. The quantitative estimate of drug-likeness (QED) is 0.859. The highest BCUT2D eigenvalue weighted by Crippen LogP contribution is 2.56. The minimum atomic E-state index is -1.11. The van der Waals surface area contributed by atoms with E-state index in [1.807, 2.05) is 30.3 Å². The zero-order valence-electron chi connectivity index (χ0n) is 12.7. The first-order valence-electron chi connectivity index (χ1n) is 8.21. The van der Waals surface area contributed by atoms with Gasteiger partial charge in [-0.2, -0.15) is 0 Å². The molecule has 3 aliphatic rings. The lowest BCUT2D eigenvalue weighted by Gasteiger charge is -2.24. The van der Waals surface area contributed by atoms with Crippen molar-refractivity contribution in [2.45, 2.75) is 31.7 Å². The third-order valence-electron chi connectivity index (χ3n) is 5.83. The van der Waals surface area contributed by atoms with Crippen LogP contribution >= 0.6 is 0 Å². The second kappa shape index (κ2) is 5.18. The molecule has 5 atom stereocenters. The SMILES string of the molecule is O=C(O)[C@@H](Cc1ccccc1)N1C(=O)[C@H]2[C@H]3CC[C@@H](C3)[C@@H]2C1=O. The van der Waals surface area contributed by atoms with Gasteiger partial charge in [0.2, 0.25) is 11.8 Å². The Morgan fingerprint density at radius 3 is 2.17 bits per heavy atom. The van der Waals surface area contributed by atoms with Crippen molar-refractivity contribution in [1.29, 1.82) is 0 Å². The predicted molar refractivity (Wildman–Crippen MR) is 81.2 cm³/mol. The molecule has 23 heavy (non-hydrogen) atoms. The lowest BCUT2D eigenvalue weighted by Crippen LogP contribution is -2.47. The summed E-state index contributed by atoms with van der Waals surface area (Å²) in [6.45, 7) is 0. The molecule has 1 saturated heterocycles. The highest BCUT2D eigenvalue weighted by atomic mass is 16.4. The lowest BCUT2D eigenvalue weighted by molar-refractivity contribution is -0.155. The Labute approximate surface area is 134 Å². The molecule has 2 amide bonds. The number of nitrogens with zero attached hydrogens (tertiary/aromatic N) is 1. The maximum absolute atomic E-state index is 12.8. The summed E-state index contributed by atoms with van der Waals surface area (Å²) in [6.07, 6.45) is 3.11. The van der Waals surface area contributed by atoms with E-state index in [1.54, 1.807) is 0 Å². The number of carbonyl (C=O) groups excluding carboxylic acids is 2. The van der Waals surface area contributed by atoms with E-state index in [0.717, 1.165) is 29.7 Å². The van der Waals surface area contributed by atoms with Crippen LogP contribution in [0.3, 0.4) is 0 Å².